The number of carbonyl (C=O) groups excluding carboxylic acids is 2. The number of carbonyl (C=O) groups is 2. The summed E-state index contributed by atoms with van der Waals surface area (Å²) < 4.78 is 33.9. The number of methoxy groups -OCH3 is 1. The maximum Gasteiger partial charge on any atom is 0.253 e. The summed E-state index contributed by atoms with van der Waals surface area (Å²) in [5, 5.41) is 28.7. The fourth-order valence-corrected chi connectivity index (χ4v) is 8.95. The molecule has 318 valence electrons. The van der Waals surface area contributed by atoms with E-state index < -0.39 is 21.8 Å². The summed E-state index contributed by atoms with van der Waals surface area (Å²) in [6.07, 6.45) is 0.993. The molecular weight excluding hydrogens is 809 g/mol. The van der Waals surface area contributed by atoms with E-state index in [4.69, 9.17) is 10.5 Å². The molecule has 7 rings (SSSR count). The summed E-state index contributed by atoms with van der Waals surface area (Å²) in [7, 11) is -0.927. The van der Waals surface area contributed by atoms with E-state index in [1.807, 2.05) is 19.1 Å². The fourth-order valence-electron chi connectivity index (χ4n) is 7.51. The first kappa shape index (κ1) is 43.0. The number of pyridine rings is 2. The van der Waals surface area contributed by atoms with Crippen molar-refractivity contribution >= 4 is 54.8 Å². The summed E-state index contributed by atoms with van der Waals surface area (Å²) in [6.45, 7) is 4.04. The van der Waals surface area contributed by atoms with Gasteiger partial charge in [0.15, 0.2) is 0 Å². The van der Waals surface area contributed by atoms with E-state index in [0.29, 0.717) is 62.1 Å². The van der Waals surface area contributed by atoms with Gasteiger partial charge < -0.3 is 41.2 Å². The quantitative estimate of drug-likeness (QED) is 0.0673. The third-order valence-corrected chi connectivity index (χ3v) is 12.4. The number of aromatic amines is 1. The molecule has 0 fully saturated rings. The zero-order valence-electron chi connectivity index (χ0n) is 34.5. The van der Waals surface area contributed by atoms with Crippen molar-refractivity contribution in [3.05, 3.63) is 159 Å². The average Bonchev–Trinajstić information content (AvgIpc) is 3.25. The molecule has 0 aliphatic heterocycles. The maximum atomic E-state index is 14.3. The first-order valence-corrected chi connectivity index (χ1v) is 21.2. The molecule has 0 radical (unpaired) electrons. The zero-order valence-corrected chi connectivity index (χ0v) is 35.3. The number of nitrogens with two attached hydrogens (primary N) is 1. The van der Waals surface area contributed by atoms with E-state index in [-0.39, 0.29) is 57.2 Å². The first-order chi connectivity index (χ1) is 29.6. The minimum atomic E-state index is -4.11. The number of primary amides is 1. The molecular formula is C47H46N6O8S. The number of fused-ring (bicyclic) bond motifs is 2. The Kier molecular flexibility index (Phi) is 12.4. The molecule has 62 heavy (non-hydrogen) atoms. The number of aryl methyl sites for hydroxylation is 1. The van der Waals surface area contributed by atoms with Crippen molar-refractivity contribution in [2.45, 2.75) is 48.7 Å². The highest BCUT2D eigenvalue weighted by atomic mass is 32.2. The van der Waals surface area contributed by atoms with Gasteiger partial charge in [0.2, 0.25) is 15.4 Å². The number of hydrogen-bond donors (Lipinski definition) is 6. The Labute approximate surface area is 357 Å². The van der Waals surface area contributed by atoms with E-state index in [0.717, 1.165) is 5.56 Å². The minimum absolute atomic E-state index is 0.0114. The van der Waals surface area contributed by atoms with E-state index in [9.17, 15) is 33.0 Å². The SMILES string of the molecule is COc1cccc(Nc2c(C(N)=O)cnc3c(C)cc(S(=O)(=O)c4cccc(CN(C)C(=O)c5cccc(CC(C)NC[C@@H](O)c6ccc(O)c7[nH]c(=O)ccc67)c5)c4)cc23)c1. The second-order valence-corrected chi connectivity index (χ2v) is 17.2. The van der Waals surface area contributed by atoms with Crippen LogP contribution in [0.3, 0.4) is 0 Å². The van der Waals surface area contributed by atoms with Crippen LogP contribution in [0.4, 0.5) is 11.4 Å². The normalized spacial score (nSPS) is 12.5. The van der Waals surface area contributed by atoms with Gasteiger partial charge in [-0.1, -0.05) is 36.4 Å². The molecule has 0 aliphatic carbocycles. The Morgan fingerprint density at radius 3 is 2.45 bits per heavy atom. The Morgan fingerprint density at radius 1 is 0.919 bits per heavy atom. The summed E-state index contributed by atoms with van der Waals surface area (Å²) in [5.74, 6) is -0.507. The molecule has 0 aliphatic rings. The molecule has 7 aromatic rings. The number of hydrogen-bond acceptors (Lipinski definition) is 11. The molecule has 5 aromatic carbocycles. The van der Waals surface area contributed by atoms with Gasteiger partial charge in [-0.2, -0.15) is 0 Å². The number of aliphatic hydroxyl groups excluding tert-OH is 1. The standard InChI is InChI=1S/C47H46N6O8S/c1-27-18-35(23-38-43(27)50-24-39(46(48)57)44(38)51-32-11-7-12-33(22-32)61-4)62(59,60)34-13-6-9-30(21-34)26-53(3)47(58)31-10-5-8-29(20-31)19-28(2)49-25-41(55)36-14-16-40(54)45-37(36)15-17-42(56)52-45/h5-18,20-24,28,41,49,54-55H,19,25-26H2,1-4H3,(H2,48,57)(H,50,51)(H,52,56)/t28?,41-/m1/s1. The molecule has 2 aromatic heterocycles. The smallest absolute Gasteiger partial charge is 0.253 e. The third kappa shape index (κ3) is 9.15. The van der Waals surface area contributed by atoms with Crippen LogP contribution in [0.2, 0.25) is 0 Å². The highest BCUT2D eigenvalue weighted by Gasteiger charge is 2.24. The zero-order chi connectivity index (χ0) is 44.3. The topological polar surface area (TPSA) is 217 Å². The Bertz CT molecular complexity index is 3030. The highest BCUT2D eigenvalue weighted by molar-refractivity contribution is 7.91. The number of nitrogens with zero attached hydrogens (tertiary/aromatic N) is 2. The van der Waals surface area contributed by atoms with E-state index in [1.165, 1.54) is 42.5 Å². The van der Waals surface area contributed by atoms with Gasteiger partial charge in [-0.25, -0.2) is 8.42 Å². The first-order valence-electron chi connectivity index (χ1n) is 19.7. The Balaban J connectivity index is 1.05. The number of amides is 2. The number of sulfone groups is 1. The van der Waals surface area contributed by atoms with Crippen molar-refractivity contribution < 1.29 is 33.0 Å². The van der Waals surface area contributed by atoms with Gasteiger partial charge in [0, 0.05) is 66.5 Å². The number of benzene rings is 5. The lowest BCUT2D eigenvalue weighted by atomic mass is 10.0. The van der Waals surface area contributed by atoms with Crippen LogP contribution < -0.4 is 26.7 Å². The summed E-state index contributed by atoms with van der Waals surface area (Å²) in [5.41, 5.74) is 10.2. The van der Waals surface area contributed by atoms with Gasteiger partial charge in [0.05, 0.1) is 45.3 Å². The Morgan fingerprint density at radius 2 is 1.68 bits per heavy atom. The number of nitrogens with one attached hydrogen (secondary N) is 3. The average molecular weight is 855 g/mol. The van der Waals surface area contributed by atoms with Crippen LogP contribution >= 0.6 is 0 Å². The van der Waals surface area contributed by atoms with Gasteiger partial charge >= 0.3 is 0 Å². The minimum Gasteiger partial charge on any atom is -0.506 e. The van der Waals surface area contributed by atoms with E-state index in [2.05, 4.69) is 20.6 Å². The highest BCUT2D eigenvalue weighted by Crippen LogP contribution is 2.35. The maximum absolute atomic E-state index is 14.3. The largest absolute Gasteiger partial charge is 0.506 e. The number of rotatable bonds is 15. The second-order valence-electron chi connectivity index (χ2n) is 15.2. The number of phenolic OH excluding ortho intramolecular Hbond substituents is 1. The molecule has 7 N–H and O–H groups in total. The van der Waals surface area contributed by atoms with Crippen molar-refractivity contribution in [2.75, 3.05) is 26.0 Å². The molecule has 15 heteroatoms. The van der Waals surface area contributed by atoms with Crippen molar-refractivity contribution in [1.29, 1.82) is 0 Å². The molecule has 2 atom stereocenters. The van der Waals surface area contributed by atoms with Gasteiger partial charge in [-0.3, -0.25) is 19.4 Å². The van der Waals surface area contributed by atoms with Crippen LogP contribution in [0.1, 0.15) is 56.0 Å². The number of H-pyrrole nitrogens is 1. The van der Waals surface area contributed by atoms with Crippen molar-refractivity contribution in [3.63, 3.8) is 0 Å². The van der Waals surface area contributed by atoms with E-state index >= 15 is 0 Å². The van der Waals surface area contributed by atoms with Crippen molar-refractivity contribution in [2.24, 2.45) is 5.73 Å². The van der Waals surface area contributed by atoms with Crippen molar-refractivity contribution in [1.82, 2.24) is 20.2 Å². The van der Waals surface area contributed by atoms with Crippen LogP contribution in [-0.2, 0) is 22.8 Å². The second kappa shape index (κ2) is 17.9. The molecule has 0 saturated heterocycles. The van der Waals surface area contributed by atoms with Crippen LogP contribution in [0, 0.1) is 6.92 Å². The molecule has 14 nitrogen and oxygen atoms in total. The summed E-state index contributed by atoms with van der Waals surface area (Å²) in [4.78, 5) is 46.7. The Hall–Kier alpha value is -7.07. The molecule has 0 spiro atoms. The van der Waals surface area contributed by atoms with Crippen LogP contribution in [0.15, 0.2) is 130 Å². The van der Waals surface area contributed by atoms with E-state index in [1.54, 1.807) is 86.8 Å². The van der Waals surface area contributed by atoms with Gasteiger partial charge in [-0.05, 0) is 103 Å². The lowest BCUT2D eigenvalue weighted by molar-refractivity contribution is 0.0784. The number of aromatic nitrogens is 2. The summed E-state index contributed by atoms with van der Waals surface area (Å²) >= 11 is 0. The van der Waals surface area contributed by atoms with Crippen LogP contribution in [0.5, 0.6) is 11.5 Å². The van der Waals surface area contributed by atoms with Gasteiger partial charge in [0.25, 0.3) is 11.8 Å². The monoisotopic (exact) mass is 854 g/mol. The fraction of sp³-hybridized carbons (Fsp3) is 0.191. The molecule has 2 heterocycles. The van der Waals surface area contributed by atoms with Gasteiger partial charge in [-0.15, -0.1) is 0 Å². The lowest BCUT2D eigenvalue weighted by Gasteiger charge is -2.20. The third-order valence-electron chi connectivity index (χ3n) is 10.7. The number of aliphatic hydroxyl groups is 1. The number of aromatic hydroxyl groups is 1. The summed E-state index contributed by atoms with van der Waals surface area (Å²) in [6, 6.07) is 29.7. The predicted octanol–water partition coefficient (Wildman–Crippen LogP) is 6.30. The predicted molar refractivity (Wildman–Crippen MR) is 238 cm³/mol. The van der Waals surface area contributed by atoms with Gasteiger partial charge in [0.1, 0.15) is 11.5 Å². The number of anilines is 2. The van der Waals surface area contributed by atoms with Crippen LogP contribution in [0.25, 0.3) is 21.8 Å². The number of phenols is 1. The van der Waals surface area contributed by atoms with Crippen molar-refractivity contribution in [3.8, 4) is 11.5 Å². The molecule has 0 bridgehead atoms. The van der Waals surface area contributed by atoms with Crippen LogP contribution in [-0.4, -0.2) is 72.1 Å². The molecule has 2 amide bonds. The number of ether oxygens (including phenoxy) is 1. The lowest BCUT2D eigenvalue weighted by Crippen LogP contribution is -2.32. The molecule has 1 unspecified atom stereocenters. The molecule has 0 saturated carbocycles.